The molecular formula is C15H13BrFNO2. The zero-order valence-electron chi connectivity index (χ0n) is 10.8. The summed E-state index contributed by atoms with van der Waals surface area (Å²) >= 11 is 3.22. The molecule has 0 spiro atoms. The van der Waals surface area contributed by atoms with Gasteiger partial charge in [0.15, 0.2) is 0 Å². The highest BCUT2D eigenvalue weighted by Gasteiger charge is 2.11. The fraction of sp³-hybridized carbons (Fsp3) is 0.133. The minimum atomic E-state index is -0.545. The van der Waals surface area contributed by atoms with Crippen molar-refractivity contribution < 1.29 is 13.9 Å². The van der Waals surface area contributed by atoms with Gasteiger partial charge in [0.1, 0.15) is 11.6 Å². The van der Waals surface area contributed by atoms with E-state index < -0.39 is 11.7 Å². The van der Waals surface area contributed by atoms with E-state index in [-0.39, 0.29) is 5.56 Å². The molecule has 2 rings (SSSR count). The van der Waals surface area contributed by atoms with Gasteiger partial charge in [-0.25, -0.2) is 4.39 Å². The van der Waals surface area contributed by atoms with Crippen LogP contribution in [0.15, 0.2) is 46.9 Å². The van der Waals surface area contributed by atoms with Crippen molar-refractivity contribution in [3.63, 3.8) is 0 Å². The predicted molar refractivity (Wildman–Crippen MR) is 78.3 cm³/mol. The van der Waals surface area contributed by atoms with Gasteiger partial charge in [-0.05, 0) is 35.9 Å². The summed E-state index contributed by atoms with van der Waals surface area (Å²) in [6.45, 7) is 0.308. The van der Waals surface area contributed by atoms with Crippen molar-refractivity contribution in [3.8, 4) is 5.75 Å². The molecule has 0 unspecified atom stereocenters. The molecular weight excluding hydrogens is 325 g/mol. The Hall–Kier alpha value is -1.88. The van der Waals surface area contributed by atoms with E-state index in [2.05, 4.69) is 21.2 Å². The van der Waals surface area contributed by atoms with Gasteiger partial charge in [0.05, 0.1) is 12.7 Å². The van der Waals surface area contributed by atoms with Crippen LogP contribution in [-0.2, 0) is 6.54 Å². The van der Waals surface area contributed by atoms with Crippen LogP contribution in [0.4, 0.5) is 4.39 Å². The second-order valence-electron chi connectivity index (χ2n) is 4.16. The highest BCUT2D eigenvalue weighted by atomic mass is 79.9. The maximum Gasteiger partial charge on any atom is 0.254 e. The molecule has 0 aromatic heterocycles. The predicted octanol–water partition coefficient (Wildman–Crippen LogP) is 3.53. The van der Waals surface area contributed by atoms with Gasteiger partial charge in [-0.2, -0.15) is 0 Å². The lowest BCUT2D eigenvalue weighted by Crippen LogP contribution is -2.23. The van der Waals surface area contributed by atoms with Crippen LogP contribution < -0.4 is 10.1 Å². The van der Waals surface area contributed by atoms with Gasteiger partial charge in [0, 0.05) is 11.0 Å². The van der Waals surface area contributed by atoms with Crippen LogP contribution in [-0.4, -0.2) is 13.0 Å². The number of amides is 1. The van der Waals surface area contributed by atoms with Crippen molar-refractivity contribution >= 4 is 21.8 Å². The highest BCUT2D eigenvalue weighted by molar-refractivity contribution is 9.10. The standard InChI is InChI=1S/C15H13BrFNO2/c1-20-12-4-2-3-10(7-12)9-18-15(19)13-8-11(16)5-6-14(13)17/h2-8H,9H2,1H3,(H,18,19). The fourth-order valence-electron chi connectivity index (χ4n) is 1.73. The van der Waals surface area contributed by atoms with E-state index in [4.69, 9.17) is 4.74 Å². The minimum Gasteiger partial charge on any atom is -0.497 e. The van der Waals surface area contributed by atoms with Gasteiger partial charge >= 0.3 is 0 Å². The first kappa shape index (κ1) is 14.5. The Bertz CT molecular complexity index is 631. The summed E-state index contributed by atoms with van der Waals surface area (Å²) in [7, 11) is 1.58. The lowest BCUT2D eigenvalue weighted by atomic mass is 10.1. The molecule has 0 aliphatic rings. The number of ether oxygens (including phenoxy) is 1. The van der Waals surface area contributed by atoms with Crippen LogP contribution in [0.5, 0.6) is 5.75 Å². The van der Waals surface area contributed by atoms with Gasteiger partial charge in [0.25, 0.3) is 5.91 Å². The van der Waals surface area contributed by atoms with E-state index in [9.17, 15) is 9.18 Å². The summed E-state index contributed by atoms with van der Waals surface area (Å²) in [4.78, 5) is 11.9. The number of carbonyl (C=O) groups excluding carboxylic acids is 1. The molecule has 0 fully saturated rings. The maximum absolute atomic E-state index is 13.6. The average Bonchev–Trinajstić information content (AvgIpc) is 2.47. The summed E-state index contributed by atoms with van der Waals surface area (Å²) in [6, 6.07) is 11.6. The van der Waals surface area contributed by atoms with Crippen molar-refractivity contribution in [1.82, 2.24) is 5.32 Å². The van der Waals surface area contributed by atoms with E-state index in [1.807, 2.05) is 24.3 Å². The molecule has 0 saturated carbocycles. The molecule has 2 aromatic carbocycles. The summed E-state index contributed by atoms with van der Waals surface area (Å²) in [5, 5.41) is 2.68. The van der Waals surface area contributed by atoms with Gasteiger partial charge in [-0.1, -0.05) is 28.1 Å². The van der Waals surface area contributed by atoms with Gasteiger partial charge in [0.2, 0.25) is 0 Å². The fourth-order valence-corrected chi connectivity index (χ4v) is 2.09. The zero-order valence-corrected chi connectivity index (χ0v) is 12.4. The minimum absolute atomic E-state index is 0.0160. The number of benzene rings is 2. The summed E-state index contributed by atoms with van der Waals surface area (Å²) < 4.78 is 19.3. The van der Waals surface area contributed by atoms with Crippen LogP contribution in [0, 0.1) is 5.82 Å². The first-order valence-electron chi connectivity index (χ1n) is 5.96. The third kappa shape index (κ3) is 3.57. The molecule has 0 bridgehead atoms. The first-order valence-corrected chi connectivity index (χ1v) is 6.75. The van der Waals surface area contributed by atoms with Crippen molar-refractivity contribution in [3.05, 3.63) is 63.9 Å². The number of halogens is 2. The van der Waals surface area contributed by atoms with Crippen LogP contribution in [0.25, 0.3) is 0 Å². The van der Waals surface area contributed by atoms with E-state index in [0.29, 0.717) is 16.8 Å². The number of hydrogen-bond donors (Lipinski definition) is 1. The molecule has 2 aromatic rings. The Morgan fingerprint density at radius 1 is 1.30 bits per heavy atom. The molecule has 0 radical (unpaired) electrons. The maximum atomic E-state index is 13.6. The number of carbonyl (C=O) groups is 1. The van der Waals surface area contributed by atoms with E-state index in [1.54, 1.807) is 13.2 Å². The molecule has 0 saturated heterocycles. The number of hydrogen-bond acceptors (Lipinski definition) is 2. The smallest absolute Gasteiger partial charge is 0.254 e. The lowest BCUT2D eigenvalue weighted by molar-refractivity contribution is 0.0946. The van der Waals surface area contributed by atoms with Crippen molar-refractivity contribution in [2.75, 3.05) is 7.11 Å². The largest absolute Gasteiger partial charge is 0.497 e. The van der Waals surface area contributed by atoms with Gasteiger partial charge in [-0.3, -0.25) is 4.79 Å². The summed E-state index contributed by atoms with van der Waals surface area (Å²) in [6.07, 6.45) is 0. The number of rotatable bonds is 4. The lowest BCUT2D eigenvalue weighted by Gasteiger charge is -2.08. The Morgan fingerprint density at radius 3 is 2.85 bits per heavy atom. The Kier molecular flexibility index (Phi) is 4.74. The third-order valence-electron chi connectivity index (χ3n) is 2.76. The van der Waals surface area contributed by atoms with Crippen LogP contribution in [0.2, 0.25) is 0 Å². The monoisotopic (exact) mass is 337 g/mol. The SMILES string of the molecule is COc1cccc(CNC(=O)c2cc(Br)ccc2F)c1. The van der Waals surface area contributed by atoms with Gasteiger partial charge in [-0.15, -0.1) is 0 Å². The van der Waals surface area contributed by atoms with Crippen LogP contribution >= 0.6 is 15.9 Å². The normalized spacial score (nSPS) is 10.2. The molecule has 0 aliphatic carbocycles. The Balaban J connectivity index is 2.06. The quantitative estimate of drug-likeness (QED) is 0.926. The molecule has 20 heavy (non-hydrogen) atoms. The molecule has 1 amide bonds. The van der Waals surface area contributed by atoms with Crippen molar-refractivity contribution in [1.29, 1.82) is 0 Å². The molecule has 0 aliphatic heterocycles. The topological polar surface area (TPSA) is 38.3 Å². The zero-order chi connectivity index (χ0) is 14.5. The second kappa shape index (κ2) is 6.52. The molecule has 3 nitrogen and oxygen atoms in total. The van der Waals surface area contributed by atoms with Crippen LogP contribution in [0.3, 0.4) is 0 Å². The molecule has 104 valence electrons. The Morgan fingerprint density at radius 2 is 2.10 bits per heavy atom. The Labute approximate surface area is 124 Å². The van der Waals surface area contributed by atoms with Crippen molar-refractivity contribution in [2.45, 2.75) is 6.54 Å². The first-order chi connectivity index (χ1) is 9.60. The number of nitrogens with one attached hydrogen (secondary N) is 1. The van der Waals surface area contributed by atoms with Crippen molar-refractivity contribution in [2.24, 2.45) is 0 Å². The highest BCUT2D eigenvalue weighted by Crippen LogP contribution is 2.16. The van der Waals surface area contributed by atoms with Crippen LogP contribution in [0.1, 0.15) is 15.9 Å². The van der Waals surface area contributed by atoms with E-state index >= 15 is 0 Å². The van der Waals surface area contributed by atoms with E-state index in [0.717, 1.165) is 5.56 Å². The molecule has 0 heterocycles. The molecule has 0 atom stereocenters. The second-order valence-corrected chi connectivity index (χ2v) is 5.07. The van der Waals surface area contributed by atoms with Gasteiger partial charge < -0.3 is 10.1 Å². The molecule has 1 N–H and O–H groups in total. The number of methoxy groups -OCH3 is 1. The average molecular weight is 338 g/mol. The summed E-state index contributed by atoms with van der Waals surface area (Å²) in [5.41, 5.74) is 0.898. The summed E-state index contributed by atoms with van der Waals surface area (Å²) in [5.74, 6) is -0.284. The third-order valence-corrected chi connectivity index (χ3v) is 3.25. The van der Waals surface area contributed by atoms with E-state index in [1.165, 1.54) is 12.1 Å². The molecule has 5 heteroatoms.